The number of rotatable bonds is 2. The fourth-order valence-corrected chi connectivity index (χ4v) is 3.91. The van der Waals surface area contributed by atoms with E-state index in [-0.39, 0.29) is 4.90 Å². The predicted molar refractivity (Wildman–Crippen MR) is 64.6 cm³/mol. The van der Waals surface area contributed by atoms with Gasteiger partial charge in [0.2, 0.25) is 10.0 Å². The maximum Gasteiger partial charge on any atom is 0.248 e. The van der Waals surface area contributed by atoms with Crippen LogP contribution in [0.2, 0.25) is 0 Å². The highest BCUT2D eigenvalue weighted by atomic mass is 32.2. The summed E-state index contributed by atoms with van der Waals surface area (Å²) in [6.45, 7) is 5.57. The van der Waals surface area contributed by atoms with Crippen LogP contribution in [0.3, 0.4) is 0 Å². The number of sulfonamides is 1. The molecule has 6 nitrogen and oxygen atoms in total. The van der Waals surface area contributed by atoms with Gasteiger partial charge >= 0.3 is 0 Å². The van der Waals surface area contributed by atoms with E-state index in [1.807, 2.05) is 0 Å². The van der Waals surface area contributed by atoms with E-state index in [0.717, 1.165) is 0 Å². The monoisotopic (exact) mass is 274 g/mol. The maximum absolute atomic E-state index is 12.4. The number of hydrogen-bond donors (Lipinski definition) is 1. The maximum atomic E-state index is 12.4. The van der Waals surface area contributed by atoms with Crippen LogP contribution < -0.4 is 0 Å². The lowest BCUT2D eigenvalue weighted by atomic mass is 9.95. The Labute approximate surface area is 107 Å². The Hall–Kier alpha value is -0.920. The van der Waals surface area contributed by atoms with Crippen LogP contribution in [0.4, 0.5) is 0 Å². The van der Waals surface area contributed by atoms with Crippen molar-refractivity contribution in [2.75, 3.05) is 13.1 Å². The van der Waals surface area contributed by atoms with Gasteiger partial charge in [0.05, 0.1) is 5.60 Å². The van der Waals surface area contributed by atoms with Crippen molar-refractivity contribution in [3.05, 3.63) is 11.5 Å². The first-order valence-electron chi connectivity index (χ1n) is 5.89. The normalized spacial score (nSPS) is 21.1. The lowest BCUT2D eigenvalue weighted by molar-refractivity contribution is 0.0126. The van der Waals surface area contributed by atoms with Crippen LogP contribution in [0.25, 0.3) is 0 Å². The van der Waals surface area contributed by atoms with E-state index in [2.05, 4.69) is 5.16 Å². The minimum absolute atomic E-state index is 0.157. The topological polar surface area (TPSA) is 83.6 Å². The molecule has 0 radical (unpaired) electrons. The van der Waals surface area contributed by atoms with Gasteiger partial charge in [-0.1, -0.05) is 5.16 Å². The molecule has 102 valence electrons. The molecule has 0 amide bonds. The zero-order valence-corrected chi connectivity index (χ0v) is 11.6. The van der Waals surface area contributed by atoms with E-state index < -0.39 is 15.6 Å². The number of piperidine rings is 1. The van der Waals surface area contributed by atoms with Gasteiger partial charge in [-0.15, -0.1) is 0 Å². The van der Waals surface area contributed by atoms with Gasteiger partial charge in [-0.3, -0.25) is 0 Å². The van der Waals surface area contributed by atoms with Crippen LogP contribution in [0.1, 0.15) is 31.2 Å². The van der Waals surface area contributed by atoms with Crippen LogP contribution in [-0.4, -0.2) is 41.7 Å². The van der Waals surface area contributed by atoms with E-state index in [4.69, 9.17) is 4.52 Å². The third-order valence-corrected chi connectivity index (χ3v) is 5.51. The summed E-state index contributed by atoms with van der Waals surface area (Å²) in [6.07, 6.45) is 0.880. The minimum Gasteiger partial charge on any atom is -0.390 e. The largest absolute Gasteiger partial charge is 0.390 e. The van der Waals surface area contributed by atoms with Crippen molar-refractivity contribution >= 4 is 10.0 Å². The van der Waals surface area contributed by atoms with Crippen LogP contribution in [0, 0.1) is 13.8 Å². The van der Waals surface area contributed by atoms with E-state index in [9.17, 15) is 13.5 Å². The molecule has 0 bridgehead atoms. The molecule has 1 aliphatic heterocycles. The molecule has 0 atom stereocenters. The Balaban J connectivity index is 2.29. The summed E-state index contributed by atoms with van der Waals surface area (Å²) in [5.41, 5.74) is -0.394. The van der Waals surface area contributed by atoms with Crippen LogP contribution >= 0.6 is 0 Å². The molecule has 1 N–H and O–H groups in total. The molecular formula is C11H18N2O4S. The van der Waals surface area contributed by atoms with Crippen molar-refractivity contribution in [2.45, 2.75) is 44.1 Å². The van der Waals surface area contributed by atoms with E-state index >= 15 is 0 Å². The van der Waals surface area contributed by atoms with Gasteiger partial charge in [0.25, 0.3) is 0 Å². The van der Waals surface area contributed by atoms with Crippen molar-refractivity contribution in [1.82, 2.24) is 9.46 Å². The number of hydrogen-bond acceptors (Lipinski definition) is 5. The summed E-state index contributed by atoms with van der Waals surface area (Å²) in [4.78, 5) is 0.157. The molecule has 1 saturated heterocycles. The average molecular weight is 274 g/mol. The smallest absolute Gasteiger partial charge is 0.248 e. The van der Waals surface area contributed by atoms with Gasteiger partial charge in [-0.05, 0) is 33.6 Å². The number of aryl methyl sites for hydroxylation is 2. The first-order valence-corrected chi connectivity index (χ1v) is 7.33. The highest BCUT2D eigenvalue weighted by Crippen LogP contribution is 2.28. The summed E-state index contributed by atoms with van der Waals surface area (Å²) in [7, 11) is -3.56. The number of nitrogens with zero attached hydrogens (tertiary/aromatic N) is 2. The molecule has 0 aromatic carbocycles. The molecule has 1 aliphatic rings. The third kappa shape index (κ3) is 2.30. The number of aliphatic hydroxyl groups is 1. The van der Waals surface area contributed by atoms with Crippen molar-refractivity contribution in [1.29, 1.82) is 0 Å². The minimum atomic E-state index is -3.56. The molecular weight excluding hydrogens is 256 g/mol. The standard InChI is InChI=1S/C11H18N2O4S/c1-8-10(9(2)17-12-8)18(15,16)13-6-4-11(3,14)5-7-13/h14H,4-7H2,1-3H3. The second kappa shape index (κ2) is 4.32. The summed E-state index contributed by atoms with van der Waals surface area (Å²) in [5, 5.41) is 13.5. The lowest BCUT2D eigenvalue weighted by Crippen LogP contribution is -2.45. The van der Waals surface area contributed by atoms with Crippen molar-refractivity contribution in [3.63, 3.8) is 0 Å². The molecule has 0 spiro atoms. The Morgan fingerprint density at radius 3 is 2.33 bits per heavy atom. The van der Waals surface area contributed by atoms with Crippen LogP contribution in [-0.2, 0) is 10.0 Å². The van der Waals surface area contributed by atoms with Crippen LogP contribution in [0.5, 0.6) is 0 Å². The fourth-order valence-electron chi connectivity index (χ4n) is 2.18. The molecule has 7 heteroatoms. The summed E-state index contributed by atoms with van der Waals surface area (Å²) < 4.78 is 31.2. The van der Waals surface area contributed by atoms with E-state index in [0.29, 0.717) is 37.4 Å². The Kier molecular flexibility index (Phi) is 3.25. The molecule has 0 saturated carbocycles. The van der Waals surface area contributed by atoms with E-state index in [1.165, 1.54) is 4.31 Å². The second-order valence-electron chi connectivity index (χ2n) is 5.05. The molecule has 1 fully saturated rings. The summed E-state index contributed by atoms with van der Waals surface area (Å²) in [6, 6.07) is 0. The van der Waals surface area contributed by atoms with Crippen molar-refractivity contribution in [2.24, 2.45) is 0 Å². The highest BCUT2D eigenvalue weighted by molar-refractivity contribution is 7.89. The van der Waals surface area contributed by atoms with Gasteiger partial charge in [0.1, 0.15) is 10.6 Å². The Morgan fingerprint density at radius 2 is 1.89 bits per heavy atom. The van der Waals surface area contributed by atoms with Gasteiger partial charge in [0.15, 0.2) is 5.76 Å². The molecule has 18 heavy (non-hydrogen) atoms. The van der Waals surface area contributed by atoms with Crippen LogP contribution in [0.15, 0.2) is 9.42 Å². The molecule has 2 heterocycles. The number of aromatic nitrogens is 1. The summed E-state index contributed by atoms with van der Waals surface area (Å²) in [5.74, 6) is 0.310. The first-order chi connectivity index (χ1) is 8.24. The molecule has 1 aromatic heterocycles. The molecule has 2 rings (SSSR count). The van der Waals surface area contributed by atoms with Crippen molar-refractivity contribution in [3.8, 4) is 0 Å². The Bertz CT molecular complexity index is 518. The second-order valence-corrected chi connectivity index (χ2v) is 6.93. The quantitative estimate of drug-likeness (QED) is 0.863. The average Bonchev–Trinajstić information content (AvgIpc) is 2.58. The van der Waals surface area contributed by atoms with Gasteiger partial charge in [0, 0.05) is 13.1 Å². The lowest BCUT2D eigenvalue weighted by Gasteiger charge is -2.34. The zero-order chi connectivity index (χ0) is 13.6. The fraction of sp³-hybridized carbons (Fsp3) is 0.727. The van der Waals surface area contributed by atoms with Gasteiger partial charge in [-0.25, -0.2) is 8.42 Å². The molecule has 0 unspecified atom stereocenters. The third-order valence-electron chi connectivity index (χ3n) is 3.37. The van der Waals surface area contributed by atoms with Crippen molar-refractivity contribution < 1.29 is 18.0 Å². The molecule has 0 aliphatic carbocycles. The van der Waals surface area contributed by atoms with Gasteiger partial charge < -0.3 is 9.63 Å². The highest BCUT2D eigenvalue weighted by Gasteiger charge is 2.36. The Morgan fingerprint density at radius 1 is 1.33 bits per heavy atom. The van der Waals surface area contributed by atoms with E-state index in [1.54, 1.807) is 20.8 Å². The SMILES string of the molecule is Cc1noc(C)c1S(=O)(=O)N1CCC(C)(O)CC1. The summed E-state index contributed by atoms with van der Waals surface area (Å²) >= 11 is 0. The first kappa shape index (κ1) is 13.5. The zero-order valence-electron chi connectivity index (χ0n) is 10.8. The predicted octanol–water partition coefficient (Wildman–Crippen LogP) is 0.827. The molecule has 1 aromatic rings. The van der Waals surface area contributed by atoms with Gasteiger partial charge in [-0.2, -0.15) is 4.31 Å².